The van der Waals surface area contributed by atoms with Crippen molar-refractivity contribution in [3.05, 3.63) is 94.6 Å². The maximum atomic E-state index is 13.4. The third-order valence-electron chi connectivity index (χ3n) is 6.42. The maximum absolute atomic E-state index is 13.4. The minimum absolute atomic E-state index is 0.0564. The van der Waals surface area contributed by atoms with Crippen LogP contribution in [0.1, 0.15) is 41.6 Å². The minimum atomic E-state index is -0.801. The lowest BCUT2D eigenvalue weighted by molar-refractivity contribution is -0.132. The highest BCUT2D eigenvalue weighted by atomic mass is 16.5. The molecular formula is C29H27NO5. The van der Waals surface area contributed by atoms with Crippen LogP contribution in [0, 0.1) is 6.92 Å². The number of ketones is 1. The van der Waals surface area contributed by atoms with E-state index in [-0.39, 0.29) is 11.3 Å². The molecule has 1 N–H and O–H groups in total. The fourth-order valence-electron chi connectivity index (χ4n) is 4.72. The van der Waals surface area contributed by atoms with Gasteiger partial charge in [-0.1, -0.05) is 29.8 Å². The molecule has 6 nitrogen and oxygen atoms in total. The number of aryl methyl sites for hydroxylation is 2. The highest BCUT2D eigenvalue weighted by molar-refractivity contribution is 6.51. The Kier molecular flexibility index (Phi) is 6.03. The molecule has 1 fully saturated rings. The Morgan fingerprint density at radius 3 is 2.66 bits per heavy atom. The fraction of sp³-hybridized carbons (Fsp3) is 0.241. The number of nitrogens with zero attached hydrogens (tertiary/aromatic N) is 1. The molecule has 1 unspecified atom stereocenters. The zero-order chi connectivity index (χ0) is 24.5. The lowest BCUT2D eigenvalue weighted by atomic mass is 9.93. The molecule has 0 bridgehead atoms. The predicted octanol–water partition coefficient (Wildman–Crippen LogP) is 5.35. The molecule has 1 atom stereocenters. The van der Waals surface area contributed by atoms with Crippen LogP contribution in [0.4, 0.5) is 5.69 Å². The Morgan fingerprint density at radius 2 is 1.89 bits per heavy atom. The number of ether oxygens (including phenoxy) is 2. The van der Waals surface area contributed by atoms with Crippen LogP contribution in [0.3, 0.4) is 0 Å². The van der Waals surface area contributed by atoms with Gasteiger partial charge < -0.3 is 14.6 Å². The second-order valence-corrected chi connectivity index (χ2v) is 8.78. The molecule has 3 aromatic carbocycles. The zero-order valence-electron chi connectivity index (χ0n) is 19.8. The van der Waals surface area contributed by atoms with Gasteiger partial charge in [0.15, 0.2) is 0 Å². The van der Waals surface area contributed by atoms with E-state index in [2.05, 4.69) is 0 Å². The summed E-state index contributed by atoms with van der Waals surface area (Å²) in [6.45, 7) is 5.00. The highest BCUT2D eigenvalue weighted by Gasteiger charge is 2.47. The molecule has 3 aromatic rings. The zero-order valence-corrected chi connectivity index (χ0v) is 19.8. The molecule has 1 amide bonds. The van der Waals surface area contributed by atoms with Gasteiger partial charge >= 0.3 is 0 Å². The fourth-order valence-corrected chi connectivity index (χ4v) is 4.72. The van der Waals surface area contributed by atoms with E-state index in [4.69, 9.17) is 9.47 Å². The molecule has 0 radical (unpaired) electrons. The van der Waals surface area contributed by atoms with E-state index >= 15 is 0 Å². The van der Waals surface area contributed by atoms with E-state index in [0.29, 0.717) is 35.8 Å². The van der Waals surface area contributed by atoms with Crippen LogP contribution < -0.4 is 14.4 Å². The normalized spacial score (nSPS) is 18.8. The van der Waals surface area contributed by atoms with E-state index < -0.39 is 17.7 Å². The summed E-state index contributed by atoms with van der Waals surface area (Å²) in [4.78, 5) is 28.2. The Labute approximate surface area is 204 Å². The molecule has 6 heteroatoms. The summed E-state index contributed by atoms with van der Waals surface area (Å²) in [5.41, 5.74) is 3.82. The number of benzene rings is 3. The van der Waals surface area contributed by atoms with Gasteiger partial charge in [0.2, 0.25) is 0 Å². The van der Waals surface area contributed by atoms with Crippen molar-refractivity contribution >= 4 is 23.1 Å². The van der Waals surface area contributed by atoms with Crippen LogP contribution >= 0.6 is 0 Å². The van der Waals surface area contributed by atoms with Crippen LogP contribution in [0.15, 0.2) is 72.3 Å². The van der Waals surface area contributed by atoms with Crippen molar-refractivity contribution < 1.29 is 24.2 Å². The monoisotopic (exact) mass is 469 g/mol. The molecule has 178 valence electrons. The van der Waals surface area contributed by atoms with Crippen molar-refractivity contribution in [3.63, 3.8) is 0 Å². The predicted molar refractivity (Wildman–Crippen MR) is 134 cm³/mol. The summed E-state index contributed by atoms with van der Waals surface area (Å²) in [6.07, 6.45) is 1.72. The van der Waals surface area contributed by atoms with Crippen molar-refractivity contribution in [2.45, 2.75) is 32.7 Å². The molecule has 35 heavy (non-hydrogen) atoms. The Morgan fingerprint density at radius 1 is 1.09 bits per heavy atom. The van der Waals surface area contributed by atoms with Gasteiger partial charge in [0, 0.05) is 11.3 Å². The molecule has 1 saturated heterocycles. The number of hydrogen-bond acceptors (Lipinski definition) is 5. The van der Waals surface area contributed by atoms with E-state index in [1.807, 2.05) is 74.5 Å². The molecule has 0 aliphatic carbocycles. The minimum Gasteiger partial charge on any atom is -0.507 e. The van der Waals surface area contributed by atoms with E-state index in [0.717, 1.165) is 29.7 Å². The average Bonchev–Trinajstić information content (AvgIpc) is 3.14. The number of fused-ring (bicyclic) bond motifs is 1. The quantitative estimate of drug-likeness (QED) is 0.310. The second kappa shape index (κ2) is 9.29. The first kappa shape index (κ1) is 22.7. The summed E-state index contributed by atoms with van der Waals surface area (Å²) in [7, 11) is 0. The average molecular weight is 470 g/mol. The van der Waals surface area contributed by atoms with Crippen molar-refractivity contribution in [2.24, 2.45) is 0 Å². The highest BCUT2D eigenvalue weighted by Crippen LogP contribution is 2.43. The number of carbonyl (C=O) groups is 2. The molecular weight excluding hydrogens is 442 g/mol. The number of anilines is 1. The van der Waals surface area contributed by atoms with Crippen molar-refractivity contribution in [1.29, 1.82) is 0 Å². The third-order valence-corrected chi connectivity index (χ3v) is 6.42. The van der Waals surface area contributed by atoms with Gasteiger partial charge in [0.1, 0.15) is 17.3 Å². The van der Waals surface area contributed by atoms with Gasteiger partial charge in [0.05, 0.1) is 24.8 Å². The van der Waals surface area contributed by atoms with Gasteiger partial charge in [0.25, 0.3) is 11.7 Å². The molecule has 2 aliphatic rings. The summed E-state index contributed by atoms with van der Waals surface area (Å²) in [6, 6.07) is 19.3. The smallest absolute Gasteiger partial charge is 0.300 e. The molecule has 2 heterocycles. The summed E-state index contributed by atoms with van der Waals surface area (Å²) in [5, 5.41) is 11.4. The van der Waals surface area contributed by atoms with Crippen LogP contribution in [-0.4, -0.2) is 30.0 Å². The maximum Gasteiger partial charge on any atom is 0.300 e. The number of rotatable bonds is 5. The van der Waals surface area contributed by atoms with Crippen LogP contribution in [-0.2, 0) is 16.0 Å². The number of amides is 1. The van der Waals surface area contributed by atoms with Gasteiger partial charge in [-0.05, 0) is 80.3 Å². The summed E-state index contributed by atoms with van der Waals surface area (Å²) < 4.78 is 11.4. The lowest BCUT2D eigenvalue weighted by Gasteiger charge is -2.26. The second-order valence-electron chi connectivity index (χ2n) is 8.78. The third kappa shape index (κ3) is 4.16. The van der Waals surface area contributed by atoms with Crippen molar-refractivity contribution in [3.8, 4) is 11.5 Å². The number of Topliss-reactive ketones (excluding diaryl/α,β-unsaturated/α-hetero) is 1. The van der Waals surface area contributed by atoms with Crippen LogP contribution in [0.5, 0.6) is 11.5 Å². The standard InChI is InChI=1S/C29H27NO5/c1-3-34-23-8-4-6-20(17-23)26-25(27(31)21-11-14-24-19(16-21)7-5-15-35-24)28(32)29(33)30(26)22-12-9-18(2)10-13-22/h4,6,8-14,16-17,26,31H,3,5,7,15H2,1-2H3/b27-25-. The Bertz CT molecular complexity index is 1330. The topological polar surface area (TPSA) is 76.1 Å². The summed E-state index contributed by atoms with van der Waals surface area (Å²) in [5.74, 6) is -0.176. The number of hydrogen-bond donors (Lipinski definition) is 1. The Balaban J connectivity index is 1.69. The largest absolute Gasteiger partial charge is 0.507 e. The van der Waals surface area contributed by atoms with Crippen LogP contribution in [0.25, 0.3) is 5.76 Å². The molecule has 5 rings (SSSR count). The first-order valence-electron chi connectivity index (χ1n) is 11.8. The first-order chi connectivity index (χ1) is 17.0. The molecule has 0 saturated carbocycles. The van der Waals surface area contributed by atoms with Gasteiger partial charge in [-0.25, -0.2) is 0 Å². The summed E-state index contributed by atoms with van der Waals surface area (Å²) >= 11 is 0. The van der Waals surface area contributed by atoms with E-state index in [1.165, 1.54) is 4.90 Å². The van der Waals surface area contributed by atoms with Gasteiger partial charge in [-0.2, -0.15) is 0 Å². The first-order valence-corrected chi connectivity index (χ1v) is 11.8. The van der Waals surface area contributed by atoms with Gasteiger partial charge in [-0.15, -0.1) is 0 Å². The molecule has 2 aliphatic heterocycles. The SMILES string of the molecule is CCOc1cccc(C2/C(=C(/O)c3ccc4c(c3)CCCO4)C(=O)C(=O)N2c2ccc(C)cc2)c1. The van der Waals surface area contributed by atoms with Crippen molar-refractivity contribution in [2.75, 3.05) is 18.1 Å². The lowest BCUT2D eigenvalue weighted by Crippen LogP contribution is -2.29. The number of aliphatic hydroxyl groups excluding tert-OH is 1. The van der Waals surface area contributed by atoms with E-state index in [1.54, 1.807) is 6.07 Å². The Hall–Kier alpha value is -4.06. The molecule has 0 aromatic heterocycles. The number of carbonyl (C=O) groups excluding carboxylic acids is 2. The van der Waals surface area contributed by atoms with Crippen LogP contribution in [0.2, 0.25) is 0 Å². The number of aliphatic hydroxyl groups is 1. The van der Waals surface area contributed by atoms with E-state index in [9.17, 15) is 14.7 Å². The van der Waals surface area contributed by atoms with Crippen molar-refractivity contribution in [1.82, 2.24) is 0 Å². The molecule has 0 spiro atoms. The van der Waals surface area contributed by atoms with Gasteiger partial charge in [-0.3, -0.25) is 14.5 Å².